The van der Waals surface area contributed by atoms with E-state index in [2.05, 4.69) is 26.6 Å². The molecule has 10 atom stereocenters. The summed E-state index contributed by atoms with van der Waals surface area (Å²) in [6, 6.07) is 16.1. The van der Waals surface area contributed by atoms with E-state index in [4.69, 9.17) is 38.9 Å². The summed E-state index contributed by atoms with van der Waals surface area (Å²) in [5.74, 6) is -3.58. The Labute approximate surface area is 627 Å². The Kier molecular flexibility index (Phi) is 27.8. The number of hydrogen-bond acceptors (Lipinski definition) is 25. The lowest BCUT2D eigenvalue weighted by Crippen LogP contribution is -2.60. The molecule has 31 nitrogen and oxygen atoms in total. The smallest absolute Gasteiger partial charge is 0.312 e. The molecule has 2 saturated heterocycles. The molecule has 4 aromatic carbocycles. The number of aliphatic hydroxyl groups excluding tert-OH is 4. The molecule has 14 N–H and O–H groups in total. The number of imide groups is 1. The van der Waals surface area contributed by atoms with Gasteiger partial charge >= 0.3 is 6.03 Å². The van der Waals surface area contributed by atoms with Crippen molar-refractivity contribution in [3.63, 3.8) is 0 Å². The van der Waals surface area contributed by atoms with Crippen LogP contribution in [0.4, 0.5) is 16.2 Å². The number of carbonyl (C=O) groups is 9. The topological polar surface area (TPSA) is 453 Å². The summed E-state index contributed by atoms with van der Waals surface area (Å²) in [6.45, 7) is 7.47. The quantitative estimate of drug-likeness (QED) is 0.0172. The van der Waals surface area contributed by atoms with Gasteiger partial charge in [-0.15, -0.1) is 11.8 Å². The van der Waals surface area contributed by atoms with Gasteiger partial charge in [0.1, 0.15) is 77.4 Å². The van der Waals surface area contributed by atoms with Crippen molar-refractivity contribution >= 4 is 81.9 Å². The number of aryl methyl sites for hydroxylation is 1. The number of phenols is 2. The third kappa shape index (κ3) is 19.5. The Morgan fingerprint density at radius 2 is 1.57 bits per heavy atom. The maximum Gasteiger partial charge on any atom is 0.312 e. The largest absolute Gasteiger partial charge is 0.508 e. The van der Waals surface area contributed by atoms with E-state index in [-0.39, 0.29) is 164 Å². The first-order valence-corrected chi connectivity index (χ1v) is 37.2. The van der Waals surface area contributed by atoms with Crippen LogP contribution < -0.4 is 41.8 Å². The summed E-state index contributed by atoms with van der Waals surface area (Å²) in [7, 11) is 0. The van der Waals surface area contributed by atoms with E-state index < -0.39 is 108 Å². The van der Waals surface area contributed by atoms with Crippen molar-refractivity contribution in [2.75, 3.05) is 82.2 Å². The SMILES string of the molecule is CCC1=C2CN3C(=O)c4c(ccc5c4NCC(=O)[C@]5(O)CC)C3=CC2=CC(OCc2ccc(NC(=O)[C@H](CCCNC(N)=O)NC(=O)[C@@H](NC(=O)CCCCN3C(=O)CC(SCCOCCOCCOc4cc(O)c(C(=O)CCc5ccc(O)cc5)c(O[C@@H]5O[C@H](CO)[C@@H](O)[C@H](O)[C@H]5O)c4)C3=O)C(C)C)cc2)O1. The lowest BCUT2D eigenvalue weighted by molar-refractivity contribution is -0.277. The van der Waals surface area contributed by atoms with E-state index in [0.29, 0.717) is 58.1 Å². The number of likely N-dealkylation sites (tertiary alicyclic amines) is 1. The second-order valence-electron chi connectivity index (χ2n) is 27.2. The molecule has 6 aliphatic rings. The highest BCUT2D eigenvalue weighted by Gasteiger charge is 2.48. The van der Waals surface area contributed by atoms with Gasteiger partial charge in [0.25, 0.3) is 5.91 Å². The van der Waals surface area contributed by atoms with Crippen LogP contribution in [-0.4, -0.2) is 224 Å². The number of fused-ring (bicyclic) bond motifs is 6. The standard InChI is InChI=1S/C76H94N8O23S/c1-5-55-49-38-84-52(48-21-22-50-66(63(48)73(84)98)79-37-59(89)76(50,100)6-2)32-44(49)33-62(105-55)104-40-43-12-17-45(18-13-43)80-70(95)51(10-9-24-78-75(77)99)81-71(96)65(41(3)4)82-60(90)11-7-8-25-83-61(91)36-58(72(83)97)108-31-30-102-27-26-101-28-29-103-47-34-54(88)64(53(87)23-16-42-14-19-46(86)20-15-42)56(35-47)106-74-69(94)68(93)67(92)57(39-85)107-74/h12-15,17-22,32-35,41,51,57-58,62,65,67-69,74,79,85-86,88,92-94,100H,5-11,16,23-31,36-40H2,1-4H3,(H,80,95)(H,81,96)(H,82,90)(H3,77,78,99)/t51-,57+,58?,62?,65-,67+,68-,69+,74+,76-/m0/s1. The van der Waals surface area contributed by atoms with Crippen LogP contribution in [0.25, 0.3) is 5.70 Å². The van der Waals surface area contributed by atoms with Gasteiger partial charge < -0.3 is 106 Å². The first kappa shape index (κ1) is 81.0. The number of urea groups is 1. The molecule has 8 amide bonds. The fourth-order valence-corrected chi connectivity index (χ4v) is 14.5. The van der Waals surface area contributed by atoms with Crippen molar-refractivity contribution in [2.45, 2.75) is 158 Å². The number of phenolic OH excluding ortho intramolecular Hbond substituents is 2. The average Bonchev–Trinajstić information content (AvgIpc) is 1.54. The minimum absolute atomic E-state index is 0.000209. The number of rotatable bonds is 38. The molecule has 0 radical (unpaired) electrons. The van der Waals surface area contributed by atoms with Gasteiger partial charge in [-0.25, -0.2) is 4.79 Å². The van der Waals surface area contributed by atoms with Crippen LogP contribution in [0.2, 0.25) is 0 Å². The number of unbranched alkanes of at least 4 members (excludes halogenated alkanes) is 1. The molecule has 4 aromatic rings. The second-order valence-corrected chi connectivity index (χ2v) is 28.5. The molecule has 2 fully saturated rings. The molecule has 0 saturated carbocycles. The molecule has 582 valence electrons. The molecule has 0 aliphatic carbocycles. The maximum atomic E-state index is 14.1. The molecule has 2 unspecified atom stereocenters. The molecule has 10 rings (SSSR count). The Bertz CT molecular complexity index is 4080. The van der Waals surface area contributed by atoms with Gasteiger partial charge in [0.2, 0.25) is 42.1 Å². The number of allylic oxidation sites excluding steroid dienone is 2. The number of Topliss-reactive ketones (excluding diaryl/α,β-unsaturated/α-hetero) is 2. The molecular weight excluding hydrogens is 1420 g/mol. The number of anilines is 2. The number of aromatic hydroxyl groups is 2. The predicted octanol–water partition coefficient (Wildman–Crippen LogP) is 3.81. The number of ether oxygens (including phenoxy) is 7. The van der Waals surface area contributed by atoms with Gasteiger partial charge in [-0.05, 0) is 97.6 Å². The van der Waals surface area contributed by atoms with Crippen LogP contribution in [-0.2, 0) is 71.1 Å². The predicted molar refractivity (Wildman–Crippen MR) is 391 cm³/mol. The zero-order valence-electron chi connectivity index (χ0n) is 60.5. The molecule has 0 aromatic heterocycles. The van der Waals surface area contributed by atoms with Crippen LogP contribution in [0, 0.1) is 5.92 Å². The van der Waals surface area contributed by atoms with E-state index in [9.17, 15) is 78.9 Å². The second kappa shape index (κ2) is 37.1. The number of carbonyl (C=O) groups excluding carboxylic acids is 9. The van der Waals surface area contributed by atoms with Gasteiger partial charge in [-0.1, -0.05) is 64.1 Å². The number of nitrogens with zero attached hydrogens (tertiary/aromatic N) is 2. The lowest BCUT2D eigenvalue weighted by atomic mass is 9.81. The number of aliphatic hydroxyl groups is 5. The Hall–Kier alpha value is -9.48. The number of nitrogens with one attached hydrogen (secondary N) is 5. The van der Waals surface area contributed by atoms with Gasteiger partial charge in [-0.3, -0.25) is 43.3 Å². The summed E-state index contributed by atoms with van der Waals surface area (Å²) in [5, 5.41) is 86.5. The van der Waals surface area contributed by atoms with Crippen LogP contribution in [0.5, 0.6) is 23.0 Å². The highest BCUT2D eigenvalue weighted by atomic mass is 32.2. The Morgan fingerprint density at radius 3 is 2.29 bits per heavy atom. The number of amides is 8. The van der Waals surface area contributed by atoms with Crippen LogP contribution in [0.15, 0.2) is 102 Å². The molecule has 108 heavy (non-hydrogen) atoms. The monoisotopic (exact) mass is 1520 g/mol. The van der Waals surface area contributed by atoms with Crippen molar-refractivity contribution in [3.8, 4) is 23.0 Å². The van der Waals surface area contributed by atoms with E-state index in [1.54, 1.807) is 74.2 Å². The van der Waals surface area contributed by atoms with Gasteiger partial charge in [-0.2, -0.15) is 0 Å². The molecule has 6 aliphatic heterocycles. The highest BCUT2D eigenvalue weighted by molar-refractivity contribution is 8.00. The summed E-state index contributed by atoms with van der Waals surface area (Å²) < 4.78 is 41.0. The number of hydrogen-bond donors (Lipinski definition) is 13. The maximum absolute atomic E-state index is 14.1. The van der Waals surface area contributed by atoms with E-state index >= 15 is 0 Å². The fourth-order valence-electron chi connectivity index (χ4n) is 13.4. The number of benzene rings is 4. The normalized spacial score (nSPS) is 22.0. The van der Waals surface area contributed by atoms with Crippen molar-refractivity contribution in [2.24, 2.45) is 11.7 Å². The van der Waals surface area contributed by atoms with Gasteiger partial charge in [0.05, 0.1) is 74.9 Å². The van der Waals surface area contributed by atoms with Crippen LogP contribution >= 0.6 is 11.8 Å². The summed E-state index contributed by atoms with van der Waals surface area (Å²) in [6.07, 6.45) is -3.56. The van der Waals surface area contributed by atoms with Crippen LogP contribution in [0.1, 0.15) is 128 Å². The van der Waals surface area contributed by atoms with Crippen molar-refractivity contribution in [3.05, 3.63) is 135 Å². The molecule has 0 spiro atoms. The third-order valence-corrected chi connectivity index (χ3v) is 20.6. The number of thioether (sulfide) groups is 1. The van der Waals surface area contributed by atoms with Crippen molar-refractivity contribution < 1.29 is 112 Å². The van der Waals surface area contributed by atoms with Gasteiger partial charge in [0.15, 0.2) is 17.2 Å². The molecule has 0 bridgehead atoms. The number of primary amides is 1. The molecule has 6 heterocycles. The lowest BCUT2D eigenvalue weighted by Gasteiger charge is -2.39. The van der Waals surface area contributed by atoms with Gasteiger partial charge in [0, 0.05) is 79.0 Å². The summed E-state index contributed by atoms with van der Waals surface area (Å²) in [5.41, 5.74) is 9.48. The Balaban J connectivity index is 0.627. The van der Waals surface area contributed by atoms with Crippen molar-refractivity contribution in [1.82, 2.24) is 25.8 Å². The fraction of sp³-hybridized carbons (Fsp3) is 0.487. The molecule has 32 heteroatoms. The summed E-state index contributed by atoms with van der Waals surface area (Å²) >= 11 is 1.28. The van der Waals surface area contributed by atoms with E-state index in [0.717, 1.165) is 22.3 Å². The van der Waals surface area contributed by atoms with Crippen molar-refractivity contribution in [1.29, 1.82) is 0 Å². The van der Waals surface area contributed by atoms with E-state index in [1.807, 2.05) is 19.1 Å². The summed E-state index contributed by atoms with van der Waals surface area (Å²) in [4.78, 5) is 122. The molecular formula is C76H94N8O23S. The first-order chi connectivity index (χ1) is 51.8. The first-order valence-electron chi connectivity index (χ1n) is 36.2. The Morgan fingerprint density at radius 1 is 0.843 bits per heavy atom. The zero-order chi connectivity index (χ0) is 77.5. The minimum Gasteiger partial charge on any atom is -0.508 e. The highest BCUT2D eigenvalue weighted by Crippen LogP contribution is 2.48. The number of ketones is 2. The zero-order valence-corrected chi connectivity index (χ0v) is 61.3. The number of nitrogens with two attached hydrogens (primary N) is 1. The average molecular weight is 1520 g/mol. The van der Waals surface area contributed by atoms with E-state index in [1.165, 1.54) is 40.9 Å². The van der Waals surface area contributed by atoms with Crippen LogP contribution in [0.3, 0.4) is 0 Å². The minimum atomic E-state index is -1.82. The third-order valence-electron chi connectivity index (χ3n) is 19.4.